The van der Waals surface area contributed by atoms with E-state index in [1.54, 1.807) is 0 Å². The molecule has 0 aliphatic rings. The van der Waals surface area contributed by atoms with Gasteiger partial charge in [0.05, 0.1) is 27.1 Å². The first-order valence-electron chi connectivity index (χ1n) is 5.28. The zero-order valence-electron chi connectivity index (χ0n) is 10.1. The van der Waals surface area contributed by atoms with Gasteiger partial charge in [-0.1, -0.05) is 34.8 Å². The monoisotopic (exact) mass is 332 g/mol. The highest BCUT2D eigenvalue weighted by Crippen LogP contribution is 2.37. The quantitative estimate of drug-likeness (QED) is 0.467. The molecule has 104 valence electrons. The van der Waals surface area contributed by atoms with Gasteiger partial charge >= 0.3 is 0 Å². The third-order valence-electron chi connectivity index (χ3n) is 2.51. The molecule has 0 N–H and O–H groups in total. The van der Waals surface area contributed by atoms with Crippen LogP contribution in [0.25, 0.3) is 11.3 Å². The van der Waals surface area contributed by atoms with Gasteiger partial charge in [0, 0.05) is 17.7 Å². The second kappa shape index (κ2) is 5.83. The Morgan fingerprint density at radius 2 is 1.80 bits per heavy atom. The van der Waals surface area contributed by atoms with Crippen LogP contribution in [0.5, 0.6) is 5.88 Å². The summed E-state index contributed by atoms with van der Waals surface area (Å²) in [5.74, 6) is 0.243. The normalized spacial score (nSPS) is 10.4. The highest BCUT2D eigenvalue weighted by atomic mass is 35.5. The molecule has 0 saturated heterocycles. The molecule has 8 heteroatoms. The van der Waals surface area contributed by atoms with Crippen LogP contribution in [0.2, 0.25) is 15.1 Å². The van der Waals surface area contributed by atoms with Crippen LogP contribution < -0.4 is 4.74 Å². The van der Waals surface area contributed by atoms with E-state index in [2.05, 4.69) is 4.98 Å². The molecular formula is C12H7Cl3N2O3. The molecule has 1 heterocycles. The molecule has 0 saturated carbocycles. The fraction of sp³-hybridized carbons (Fsp3) is 0.0833. The summed E-state index contributed by atoms with van der Waals surface area (Å²) in [5.41, 5.74) is 0.310. The van der Waals surface area contributed by atoms with Gasteiger partial charge in [0.25, 0.3) is 5.69 Å². The van der Waals surface area contributed by atoms with E-state index < -0.39 is 4.92 Å². The second-order valence-electron chi connectivity index (χ2n) is 3.73. The molecule has 20 heavy (non-hydrogen) atoms. The fourth-order valence-electron chi connectivity index (χ4n) is 1.60. The van der Waals surface area contributed by atoms with E-state index >= 15 is 0 Å². The molecule has 0 atom stereocenters. The van der Waals surface area contributed by atoms with Crippen LogP contribution in [-0.2, 0) is 0 Å². The first kappa shape index (κ1) is 14.8. The van der Waals surface area contributed by atoms with Gasteiger partial charge in [-0.3, -0.25) is 10.1 Å². The third-order valence-corrected chi connectivity index (χ3v) is 3.71. The summed E-state index contributed by atoms with van der Waals surface area (Å²) >= 11 is 17.7. The molecule has 0 unspecified atom stereocenters. The summed E-state index contributed by atoms with van der Waals surface area (Å²) in [4.78, 5) is 14.6. The molecule has 0 spiro atoms. The van der Waals surface area contributed by atoms with E-state index in [9.17, 15) is 10.1 Å². The Bertz CT molecular complexity index is 669. The van der Waals surface area contributed by atoms with E-state index in [-0.39, 0.29) is 32.3 Å². The SMILES string of the molecule is COc1ccc([N+](=O)[O-])c(-c2cc(Cl)c(Cl)c(Cl)c2)n1. The van der Waals surface area contributed by atoms with Crippen LogP contribution in [0.3, 0.4) is 0 Å². The summed E-state index contributed by atoms with van der Waals surface area (Å²) in [6.45, 7) is 0. The Kier molecular flexibility index (Phi) is 4.32. The minimum atomic E-state index is -0.543. The van der Waals surface area contributed by atoms with Crippen molar-refractivity contribution in [3.05, 3.63) is 49.4 Å². The Labute approximate surface area is 129 Å². The zero-order chi connectivity index (χ0) is 14.9. The van der Waals surface area contributed by atoms with Gasteiger partial charge in [-0.05, 0) is 12.1 Å². The highest BCUT2D eigenvalue weighted by molar-refractivity contribution is 6.48. The van der Waals surface area contributed by atoms with Gasteiger partial charge in [0.15, 0.2) is 5.69 Å². The molecule has 0 radical (unpaired) electrons. The maximum atomic E-state index is 11.1. The summed E-state index contributed by atoms with van der Waals surface area (Å²) in [7, 11) is 1.42. The number of nitrogens with zero attached hydrogens (tertiary/aromatic N) is 2. The van der Waals surface area contributed by atoms with Gasteiger partial charge in [-0.15, -0.1) is 0 Å². The molecule has 2 rings (SSSR count). The molecule has 0 aliphatic heterocycles. The van der Waals surface area contributed by atoms with Crippen LogP contribution in [0.1, 0.15) is 0 Å². The number of ether oxygens (including phenoxy) is 1. The lowest BCUT2D eigenvalue weighted by Gasteiger charge is -2.07. The molecule has 0 amide bonds. The van der Waals surface area contributed by atoms with E-state index in [1.807, 2.05) is 0 Å². The van der Waals surface area contributed by atoms with Gasteiger partial charge in [-0.2, -0.15) is 0 Å². The number of pyridine rings is 1. The lowest BCUT2D eigenvalue weighted by molar-refractivity contribution is -0.384. The van der Waals surface area contributed by atoms with Gasteiger partial charge < -0.3 is 4.74 Å². The van der Waals surface area contributed by atoms with Crippen LogP contribution in [-0.4, -0.2) is 17.0 Å². The Morgan fingerprint density at radius 3 is 2.30 bits per heavy atom. The Morgan fingerprint density at radius 1 is 1.20 bits per heavy atom. The molecule has 0 bridgehead atoms. The zero-order valence-corrected chi connectivity index (χ0v) is 12.3. The minimum absolute atomic E-state index is 0.106. The number of hydrogen-bond donors (Lipinski definition) is 0. The van der Waals surface area contributed by atoms with Crippen LogP contribution >= 0.6 is 34.8 Å². The van der Waals surface area contributed by atoms with Crippen molar-refractivity contribution in [2.24, 2.45) is 0 Å². The predicted molar refractivity (Wildman–Crippen MR) is 77.9 cm³/mol. The Balaban J connectivity index is 2.70. The van der Waals surface area contributed by atoms with Crippen molar-refractivity contribution in [1.29, 1.82) is 0 Å². The number of hydrogen-bond acceptors (Lipinski definition) is 4. The fourth-order valence-corrected chi connectivity index (χ4v) is 2.20. The predicted octanol–water partition coefficient (Wildman–Crippen LogP) is 4.63. The summed E-state index contributed by atoms with van der Waals surface area (Å²) in [6, 6.07) is 5.63. The molecule has 1 aromatic heterocycles. The van der Waals surface area contributed by atoms with E-state index in [0.29, 0.717) is 5.56 Å². The molecule has 5 nitrogen and oxygen atoms in total. The number of benzene rings is 1. The van der Waals surface area contributed by atoms with Gasteiger partial charge in [-0.25, -0.2) is 4.98 Å². The summed E-state index contributed by atoms with van der Waals surface area (Å²) < 4.78 is 4.97. The molecule has 2 aromatic rings. The van der Waals surface area contributed by atoms with Crippen LogP contribution in [0.15, 0.2) is 24.3 Å². The van der Waals surface area contributed by atoms with Gasteiger partial charge in [0.1, 0.15) is 0 Å². The number of methoxy groups -OCH3 is 1. The van der Waals surface area contributed by atoms with Crippen LogP contribution in [0.4, 0.5) is 5.69 Å². The second-order valence-corrected chi connectivity index (χ2v) is 4.92. The Hall–Kier alpha value is -1.56. The van der Waals surface area contributed by atoms with E-state index in [1.165, 1.54) is 31.4 Å². The van der Waals surface area contributed by atoms with Crippen molar-refractivity contribution in [3.63, 3.8) is 0 Å². The van der Waals surface area contributed by atoms with Crippen molar-refractivity contribution in [3.8, 4) is 17.1 Å². The van der Waals surface area contributed by atoms with Crippen molar-refractivity contribution in [2.45, 2.75) is 0 Å². The topological polar surface area (TPSA) is 65.3 Å². The van der Waals surface area contributed by atoms with Crippen LogP contribution in [0, 0.1) is 10.1 Å². The van der Waals surface area contributed by atoms with Gasteiger partial charge in [0.2, 0.25) is 5.88 Å². The lowest BCUT2D eigenvalue weighted by Crippen LogP contribution is -1.97. The standard InChI is InChI=1S/C12H7Cl3N2O3/c1-20-10-3-2-9(17(18)19)12(16-10)6-4-7(13)11(15)8(14)5-6/h2-5H,1H3. The third kappa shape index (κ3) is 2.80. The van der Waals surface area contributed by atoms with Crippen molar-refractivity contribution >= 4 is 40.5 Å². The number of aromatic nitrogens is 1. The maximum absolute atomic E-state index is 11.1. The average Bonchev–Trinajstić information content (AvgIpc) is 2.43. The molecule has 0 fully saturated rings. The summed E-state index contributed by atoms with van der Waals surface area (Å²) in [5, 5.41) is 11.6. The molecule has 1 aromatic carbocycles. The van der Waals surface area contributed by atoms with Crippen molar-refractivity contribution < 1.29 is 9.66 Å². The summed E-state index contributed by atoms with van der Waals surface area (Å²) in [6.07, 6.45) is 0. The maximum Gasteiger partial charge on any atom is 0.295 e. The van der Waals surface area contributed by atoms with Crippen molar-refractivity contribution in [1.82, 2.24) is 4.98 Å². The smallest absolute Gasteiger partial charge is 0.295 e. The molecule has 0 aliphatic carbocycles. The highest BCUT2D eigenvalue weighted by Gasteiger charge is 2.20. The first-order chi connectivity index (χ1) is 9.43. The van der Waals surface area contributed by atoms with E-state index in [0.717, 1.165) is 0 Å². The number of nitro groups is 1. The number of halogens is 3. The largest absolute Gasteiger partial charge is 0.481 e. The lowest BCUT2D eigenvalue weighted by atomic mass is 10.1. The average molecular weight is 334 g/mol. The minimum Gasteiger partial charge on any atom is -0.481 e. The van der Waals surface area contributed by atoms with Crippen molar-refractivity contribution in [2.75, 3.05) is 7.11 Å². The molecular weight excluding hydrogens is 327 g/mol. The number of rotatable bonds is 3. The van der Waals surface area contributed by atoms with E-state index in [4.69, 9.17) is 39.5 Å². The first-order valence-corrected chi connectivity index (χ1v) is 6.41.